The van der Waals surface area contributed by atoms with E-state index >= 15 is 0 Å². The third-order valence-corrected chi connectivity index (χ3v) is 0.987. The molecule has 1 aromatic heterocycles. The maximum atomic E-state index is 10.5. The average molecular weight is 140 g/mol. The Hall–Kier alpha value is -1.49. The van der Waals surface area contributed by atoms with Gasteiger partial charge in [-0.25, -0.2) is 10.6 Å². The molecule has 0 radical (unpaired) electrons. The molecule has 5 nitrogen and oxygen atoms in total. The number of hydrogen-bond acceptors (Lipinski definition) is 2. The number of anilines is 1. The summed E-state index contributed by atoms with van der Waals surface area (Å²) < 4.78 is 0. The molecular formula is C5H8N4O. The zero-order chi connectivity index (χ0) is 7.40. The van der Waals surface area contributed by atoms with Crippen LogP contribution in [0.4, 0.5) is 10.5 Å². The quantitative estimate of drug-likeness (QED) is 0.252. The molecule has 0 saturated carbocycles. The number of carbonyl (C=O) groups excluding carboxylic acids is 1. The maximum absolute atomic E-state index is 10.5. The van der Waals surface area contributed by atoms with Crippen LogP contribution in [0.2, 0.25) is 0 Å². The van der Waals surface area contributed by atoms with Gasteiger partial charge in [-0.05, 0) is 6.07 Å². The number of aromatic nitrogens is 1. The predicted octanol–water partition coefficient (Wildman–Crippen LogP) is 0.00990. The Kier molecular flexibility index (Phi) is 1.91. The third-order valence-electron chi connectivity index (χ3n) is 0.987. The van der Waals surface area contributed by atoms with Crippen molar-refractivity contribution in [1.82, 2.24) is 10.4 Å². The Balaban J connectivity index is 2.48. The monoisotopic (exact) mass is 140 g/mol. The van der Waals surface area contributed by atoms with Gasteiger partial charge in [-0.3, -0.25) is 5.43 Å². The molecule has 5 N–H and O–H groups in total. The van der Waals surface area contributed by atoms with Gasteiger partial charge in [0.25, 0.3) is 0 Å². The Morgan fingerprint density at radius 1 is 1.70 bits per heavy atom. The van der Waals surface area contributed by atoms with Crippen LogP contribution in [0.1, 0.15) is 0 Å². The summed E-state index contributed by atoms with van der Waals surface area (Å²) in [6.45, 7) is 0. The topological polar surface area (TPSA) is 82.9 Å². The zero-order valence-electron chi connectivity index (χ0n) is 5.22. The Morgan fingerprint density at radius 2 is 2.50 bits per heavy atom. The van der Waals surface area contributed by atoms with Crippen LogP contribution in [0.25, 0.3) is 0 Å². The molecule has 0 bridgehead atoms. The molecule has 0 spiro atoms. The van der Waals surface area contributed by atoms with Crippen LogP contribution in [-0.4, -0.2) is 11.0 Å². The molecule has 2 amide bonds. The smallest absolute Gasteiger partial charge is 0.333 e. The van der Waals surface area contributed by atoms with E-state index in [1.54, 1.807) is 18.5 Å². The lowest BCUT2D eigenvalue weighted by molar-refractivity contribution is 0.252. The lowest BCUT2D eigenvalue weighted by Crippen LogP contribution is -2.34. The van der Waals surface area contributed by atoms with E-state index in [0.717, 1.165) is 0 Å². The lowest BCUT2D eigenvalue weighted by Gasteiger charge is -1.98. The van der Waals surface area contributed by atoms with Crippen molar-refractivity contribution in [3.63, 3.8) is 0 Å². The number of nitrogens with one attached hydrogen (secondary N) is 3. The average Bonchev–Trinajstić information content (AvgIpc) is 2.40. The maximum Gasteiger partial charge on any atom is 0.333 e. The molecular weight excluding hydrogens is 132 g/mol. The van der Waals surface area contributed by atoms with E-state index in [9.17, 15) is 4.79 Å². The van der Waals surface area contributed by atoms with Crippen molar-refractivity contribution in [2.45, 2.75) is 0 Å². The summed E-state index contributed by atoms with van der Waals surface area (Å²) in [5, 5.41) is 2.47. The Morgan fingerprint density at radius 3 is 3.00 bits per heavy atom. The molecule has 0 aliphatic carbocycles. The molecule has 0 aromatic carbocycles. The number of urea groups is 1. The summed E-state index contributed by atoms with van der Waals surface area (Å²) >= 11 is 0. The van der Waals surface area contributed by atoms with E-state index in [1.165, 1.54) is 0 Å². The number of hydrogen-bond donors (Lipinski definition) is 4. The van der Waals surface area contributed by atoms with Gasteiger partial charge in [0.1, 0.15) is 0 Å². The SMILES string of the molecule is NNC(=O)Nc1cc[nH]c1. The predicted molar refractivity (Wildman–Crippen MR) is 37.1 cm³/mol. The van der Waals surface area contributed by atoms with Crippen molar-refractivity contribution in [2.24, 2.45) is 5.84 Å². The minimum Gasteiger partial charge on any atom is -0.366 e. The second-order valence-corrected chi connectivity index (χ2v) is 1.70. The molecule has 10 heavy (non-hydrogen) atoms. The van der Waals surface area contributed by atoms with Gasteiger partial charge in [0.2, 0.25) is 0 Å². The van der Waals surface area contributed by atoms with Gasteiger partial charge in [0, 0.05) is 12.4 Å². The normalized spacial score (nSPS) is 8.90. The van der Waals surface area contributed by atoms with Gasteiger partial charge < -0.3 is 10.3 Å². The Bertz CT molecular complexity index is 205. The number of carbonyl (C=O) groups is 1. The van der Waals surface area contributed by atoms with Gasteiger partial charge in [-0.15, -0.1) is 0 Å². The standard InChI is InChI=1S/C5H8N4O/c6-9-5(10)8-4-1-2-7-3-4/h1-3,7H,6H2,(H2,8,9,10). The van der Waals surface area contributed by atoms with E-state index in [2.05, 4.69) is 10.3 Å². The molecule has 0 saturated heterocycles. The van der Waals surface area contributed by atoms with Crippen LogP contribution in [0.5, 0.6) is 0 Å². The number of nitrogens with two attached hydrogens (primary N) is 1. The summed E-state index contributed by atoms with van der Waals surface area (Å²) in [6, 6.07) is 1.29. The number of amides is 2. The first-order valence-corrected chi connectivity index (χ1v) is 2.73. The van der Waals surface area contributed by atoms with Crippen LogP contribution in [0.3, 0.4) is 0 Å². The molecule has 0 aliphatic heterocycles. The molecule has 0 aliphatic rings. The molecule has 0 unspecified atom stereocenters. The molecule has 0 fully saturated rings. The van der Waals surface area contributed by atoms with E-state index in [4.69, 9.17) is 5.84 Å². The zero-order valence-corrected chi connectivity index (χ0v) is 5.22. The fraction of sp³-hybridized carbons (Fsp3) is 0. The first kappa shape index (κ1) is 6.63. The number of hydrazine groups is 1. The summed E-state index contributed by atoms with van der Waals surface area (Å²) in [7, 11) is 0. The highest BCUT2D eigenvalue weighted by Gasteiger charge is 1.95. The van der Waals surface area contributed by atoms with Gasteiger partial charge >= 0.3 is 6.03 Å². The van der Waals surface area contributed by atoms with Crippen molar-refractivity contribution in [3.8, 4) is 0 Å². The molecule has 5 heteroatoms. The Labute approximate surface area is 57.6 Å². The first-order valence-electron chi connectivity index (χ1n) is 2.73. The van der Waals surface area contributed by atoms with Crippen LogP contribution in [0.15, 0.2) is 18.5 Å². The highest BCUT2D eigenvalue weighted by atomic mass is 16.2. The molecule has 0 atom stereocenters. The number of aromatic amines is 1. The summed E-state index contributed by atoms with van der Waals surface area (Å²) in [5.41, 5.74) is 2.62. The van der Waals surface area contributed by atoms with Crippen LogP contribution < -0.4 is 16.6 Å². The van der Waals surface area contributed by atoms with E-state index in [1.807, 2.05) is 5.43 Å². The van der Waals surface area contributed by atoms with Crippen molar-refractivity contribution in [1.29, 1.82) is 0 Å². The van der Waals surface area contributed by atoms with Gasteiger partial charge in [0.05, 0.1) is 5.69 Å². The minimum absolute atomic E-state index is 0.431. The van der Waals surface area contributed by atoms with Gasteiger partial charge in [-0.1, -0.05) is 0 Å². The highest BCUT2D eigenvalue weighted by molar-refractivity contribution is 5.88. The van der Waals surface area contributed by atoms with Crippen molar-refractivity contribution in [3.05, 3.63) is 18.5 Å². The van der Waals surface area contributed by atoms with E-state index in [0.29, 0.717) is 5.69 Å². The largest absolute Gasteiger partial charge is 0.366 e. The minimum atomic E-state index is -0.431. The fourth-order valence-electron chi connectivity index (χ4n) is 0.569. The van der Waals surface area contributed by atoms with Crippen LogP contribution in [-0.2, 0) is 0 Å². The van der Waals surface area contributed by atoms with Crippen molar-refractivity contribution >= 4 is 11.7 Å². The van der Waals surface area contributed by atoms with Gasteiger partial charge in [-0.2, -0.15) is 0 Å². The summed E-state index contributed by atoms with van der Waals surface area (Å²) in [6.07, 6.45) is 3.35. The first-order chi connectivity index (χ1) is 4.83. The number of H-pyrrole nitrogens is 1. The van der Waals surface area contributed by atoms with Crippen molar-refractivity contribution in [2.75, 3.05) is 5.32 Å². The van der Waals surface area contributed by atoms with Crippen molar-refractivity contribution < 1.29 is 4.79 Å². The second kappa shape index (κ2) is 2.88. The molecule has 1 aromatic rings. The van der Waals surface area contributed by atoms with Crippen LogP contribution in [0, 0.1) is 0 Å². The summed E-state index contributed by atoms with van der Waals surface area (Å²) in [5.74, 6) is 4.82. The highest BCUT2D eigenvalue weighted by Crippen LogP contribution is 2.01. The van der Waals surface area contributed by atoms with E-state index < -0.39 is 6.03 Å². The van der Waals surface area contributed by atoms with E-state index in [-0.39, 0.29) is 0 Å². The molecule has 1 rings (SSSR count). The van der Waals surface area contributed by atoms with Gasteiger partial charge in [0.15, 0.2) is 0 Å². The molecule has 1 heterocycles. The number of rotatable bonds is 1. The molecule has 54 valence electrons. The second-order valence-electron chi connectivity index (χ2n) is 1.70. The van der Waals surface area contributed by atoms with Crippen LogP contribution >= 0.6 is 0 Å². The fourth-order valence-corrected chi connectivity index (χ4v) is 0.569. The summed E-state index contributed by atoms with van der Waals surface area (Å²) in [4.78, 5) is 13.3. The lowest BCUT2D eigenvalue weighted by atomic mass is 10.5. The third kappa shape index (κ3) is 1.49.